The number of carboxylic acids is 1. The summed E-state index contributed by atoms with van der Waals surface area (Å²) in [6.45, 7) is 1.62. The van der Waals surface area contributed by atoms with E-state index in [4.69, 9.17) is 5.11 Å². The topological polar surface area (TPSA) is 92.2 Å². The summed E-state index contributed by atoms with van der Waals surface area (Å²) in [7, 11) is 0. The molecule has 0 aliphatic carbocycles. The van der Waals surface area contributed by atoms with E-state index in [0.717, 1.165) is 23.1 Å². The number of amides is 1. The van der Waals surface area contributed by atoms with Crippen molar-refractivity contribution in [1.82, 2.24) is 15.3 Å². The van der Waals surface area contributed by atoms with Gasteiger partial charge in [0.15, 0.2) is 0 Å². The second-order valence-electron chi connectivity index (χ2n) is 4.44. The Morgan fingerprint density at radius 3 is 2.62 bits per heavy atom. The van der Waals surface area contributed by atoms with Crippen LogP contribution in [0.5, 0.6) is 0 Å². The molecule has 0 aliphatic rings. The van der Waals surface area contributed by atoms with Gasteiger partial charge in [0, 0.05) is 29.7 Å². The van der Waals surface area contributed by atoms with Crippen LogP contribution >= 0.6 is 0 Å². The lowest BCUT2D eigenvalue weighted by Crippen LogP contribution is -2.29. The van der Waals surface area contributed by atoms with Crippen molar-refractivity contribution in [3.8, 4) is 11.1 Å². The smallest absolute Gasteiger partial charge is 0.322 e. The molecule has 0 atom stereocenters. The predicted molar refractivity (Wildman–Crippen MR) is 76.8 cm³/mol. The molecule has 0 spiro atoms. The molecule has 0 radical (unpaired) electrons. The van der Waals surface area contributed by atoms with Crippen molar-refractivity contribution in [2.75, 3.05) is 6.54 Å². The van der Waals surface area contributed by atoms with Gasteiger partial charge in [-0.1, -0.05) is 13.0 Å². The fourth-order valence-electron chi connectivity index (χ4n) is 1.78. The summed E-state index contributed by atoms with van der Waals surface area (Å²) in [5.74, 6) is -1.60. The molecule has 108 valence electrons. The van der Waals surface area contributed by atoms with Gasteiger partial charge in [0.05, 0.1) is 0 Å². The quantitative estimate of drug-likeness (QED) is 0.869. The number of aryl methyl sites for hydroxylation is 1. The largest absolute Gasteiger partial charge is 0.480 e. The van der Waals surface area contributed by atoms with Gasteiger partial charge in [0.2, 0.25) is 0 Å². The van der Waals surface area contributed by atoms with Crippen LogP contribution in [0.2, 0.25) is 0 Å². The molecule has 2 rings (SSSR count). The number of nitrogens with one attached hydrogen (secondary N) is 1. The Balaban J connectivity index is 2.14. The summed E-state index contributed by atoms with van der Waals surface area (Å²) in [4.78, 5) is 30.3. The van der Waals surface area contributed by atoms with Crippen LogP contribution < -0.4 is 5.32 Å². The van der Waals surface area contributed by atoms with Crippen LogP contribution in [-0.2, 0) is 11.2 Å². The molecule has 2 aromatic rings. The zero-order valence-corrected chi connectivity index (χ0v) is 11.5. The molecule has 2 aromatic heterocycles. The molecule has 0 unspecified atom stereocenters. The van der Waals surface area contributed by atoms with Crippen molar-refractivity contribution in [3.05, 3.63) is 48.0 Å². The Labute approximate surface area is 121 Å². The van der Waals surface area contributed by atoms with Crippen molar-refractivity contribution in [3.63, 3.8) is 0 Å². The summed E-state index contributed by atoms with van der Waals surface area (Å²) in [5, 5.41) is 10.8. The van der Waals surface area contributed by atoms with Gasteiger partial charge in [-0.3, -0.25) is 19.6 Å². The zero-order valence-electron chi connectivity index (χ0n) is 11.5. The first kappa shape index (κ1) is 14.6. The maximum absolute atomic E-state index is 11.6. The number of aliphatic carboxylic acids is 1. The van der Waals surface area contributed by atoms with Crippen LogP contribution in [-0.4, -0.2) is 33.5 Å². The van der Waals surface area contributed by atoms with E-state index in [2.05, 4.69) is 22.2 Å². The van der Waals surface area contributed by atoms with Gasteiger partial charge in [-0.25, -0.2) is 0 Å². The zero-order chi connectivity index (χ0) is 15.2. The molecule has 0 saturated carbocycles. The number of hydrogen-bond donors (Lipinski definition) is 2. The van der Waals surface area contributed by atoms with Gasteiger partial charge in [0.25, 0.3) is 5.91 Å². The van der Waals surface area contributed by atoms with Crippen molar-refractivity contribution in [1.29, 1.82) is 0 Å². The van der Waals surface area contributed by atoms with E-state index < -0.39 is 18.4 Å². The summed E-state index contributed by atoms with van der Waals surface area (Å²) >= 11 is 0. The number of nitrogens with zero attached hydrogens (tertiary/aromatic N) is 2. The third kappa shape index (κ3) is 3.85. The van der Waals surface area contributed by atoms with Crippen molar-refractivity contribution < 1.29 is 14.7 Å². The first-order valence-corrected chi connectivity index (χ1v) is 6.50. The summed E-state index contributed by atoms with van der Waals surface area (Å²) < 4.78 is 0. The Kier molecular flexibility index (Phi) is 4.61. The first-order valence-electron chi connectivity index (χ1n) is 6.50. The fraction of sp³-hybridized carbons (Fsp3) is 0.200. The molecule has 2 N–H and O–H groups in total. The molecule has 6 nitrogen and oxygen atoms in total. The lowest BCUT2D eigenvalue weighted by Gasteiger charge is -2.05. The Morgan fingerprint density at radius 2 is 2.00 bits per heavy atom. The number of aromatic nitrogens is 2. The number of rotatable bonds is 5. The van der Waals surface area contributed by atoms with Crippen molar-refractivity contribution in [2.24, 2.45) is 0 Å². The molecular formula is C15H15N3O3. The predicted octanol–water partition coefficient (Wildman–Crippen LogP) is 1.52. The summed E-state index contributed by atoms with van der Waals surface area (Å²) in [5.41, 5.74) is 3.09. The van der Waals surface area contributed by atoms with Gasteiger partial charge in [-0.05, 0) is 24.1 Å². The van der Waals surface area contributed by atoms with Crippen molar-refractivity contribution in [2.45, 2.75) is 13.3 Å². The number of pyridine rings is 2. The lowest BCUT2D eigenvalue weighted by atomic mass is 10.1. The van der Waals surface area contributed by atoms with Crippen LogP contribution in [0.15, 0.2) is 36.8 Å². The van der Waals surface area contributed by atoms with E-state index in [0.29, 0.717) is 0 Å². The minimum absolute atomic E-state index is 0.180. The standard InChI is InChI=1S/C15H15N3O3/c1-2-10-5-12(7-16-6-10)11-3-4-13(17-8-11)15(21)18-9-14(19)20/h3-8H,2,9H2,1H3,(H,18,21)(H,19,20). The molecule has 0 bridgehead atoms. The van der Waals surface area contributed by atoms with E-state index in [1.54, 1.807) is 24.5 Å². The summed E-state index contributed by atoms with van der Waals surface area (Å²) in [6, 6.07) is 5.35. The van der Waals surface area contributed by atoms with E-state index in [-0.39, 0.29) is 5.69 Å². The van der Waals surface area contributed by atoms with E-state index in [1.807, 2.05) is 12.3 Å². The minimum Gasteiger partial charge on any atom is -0.480 e. The molecule has 0 saturated heterocycles. The van der Waals surface area contributed by atoms with Crippen LogP contribution in [0.4, 0.5) is 0 Å². The van der Waals surface area contributed by atoms with E-state index >= 15 is 0 Å². The number of carbonyl (C=O) groups is 2. The molecule has 21 heavy (non-hydrogen) atoms. The Bertz CT molecular complexity index is 653. The molecule has 0 aromatic carbocycles. The minimum atomic E-state index is -1.09. The maximum Gasteiger partial charge on any atom is 0.322 e. The molecule has 0 fully saturated rings. The number of hydrogen-bond acceptors (Lipinski definition) is 4. The average Bonchev–Trinajstić information content (AvgIpc) is 2.52. The highest BCUT2D eigenvalue weighted by atomic mass is 16.4. The third-order valence-corrected chi connectivity index (χ3v) is 2.93. The number of carboxylic acid groups (broad SMARTS) is 1. The monoisotopic (exact) mass is 285 g/mol. The molecule has 0 aliphatic heterocycles. The van der Waals surface area contributed by atoms with Gasteiger partial charge in [0.1, 0.15) is 12.2 Å². The highest BCUT2D eigenvalue weighted by Gasteiger charge is 2.09. The number of carbonyl (C=O) groups excluding carboxylic acids is 1. The highest BCUT2D eigenvalue weighted by Crippen LogP contribution is 2.18. The van der Waals surface area contributed by atoms with Gasteiger partial charge in [-0.2, -0.15) is 0 Å². The summed E-state index contributed by atoms with van der Waals surface area (Å²) in [6.07, 6.45) is 6.01. The van der Waals surface area contributed by atoms with Crippen LogP contribution in [0, 0.1) is 0 Å². The van der Waals surface area contributed by atoms with E-state index in [9.17, 15) is 9.59 Å². The third-order valence-electron chi connectivity index (χ3n) is 2.93. The second kappa shape index (κ2) is 6.60. The van der Waals surface area contributed by atoms with Gasteiger partial charge in [-0.15, -0.1) is 0 Å². The lowest BCUT2D eigenvalue weighted by molar-refractivity contribution is -0.135. The molecule has 1 amide bonds. The van der Waals surface area contributed by atoms with Crippen LogP contribution in [0.25, 0.3) is 11.1 Å². The highest BCUT2D eigenvalue weighted by molar-refractivity contribution is 5.94. The fourth-order valence-corrected chi connectivity index (χ4v) is 1.78. The Hall–Kier alpha value is -2.76. The molecule has 2 heterocycles. The van der Waals surface area contributed by atoms with Crippen molar-refractivity contribution >= 4 is 11.9 Å². The molecule has 6 heteroatoms. The molecular weight excluding hydrogens is 270 g/mol. The normalized spacial score (nSPS) is 10.1. The van der Waals surface area contributed by atoms with E-state index in [1.165, 1.54) is 0 Å². The van der Waals surface area contributed by atoms with Gasteiger partial charge >= 0.3 is 5.97 Å². The average molecular weight is 285 g/mol. The SMILES string of the molecule is CCc1cncc(-c2ccc(C(=O)NCC(=O)O)nc2)c1. The van der Waals surface area contributed by atoms with Gasteiger partial charge < -0.3 is 10.4 Å². The second-order valence-corrected chi connectivity index (χ2v) is 4.44. The first-order chi connectivity index (χ1) is 10.1. The van der Waals surface area contributed by atoms with Crippen LogP contribution in [0.3, 0.4) is 0 Å². The maximum atomic E-state index is 11.6. The van der Waals surface area contributed by atoms with Crippen LogP contribution in [0.1, 0.15) is 23.0 Å². The Morgan fingerprint density at radius 1 is 1.19 bits per heavy atom.